The molecule has 0 aliphatic carbocycles. The maximum Gasteiger partial charge on any atom is 0.253 e. The van der Waals surface area contributed by atoms with Crippen molar-refractivity contribution in [3.8, 4) is 5.75 Å². The summed E-state index contributed by atoms with van der Waals surface area (Å²) in [5, 5.41) is 0.410. The van der Waals surface area contributed by atoms with Crippen molar-refractivity contribution in [3.63, 3.8) is 0 Å². The van der Waals surface area contributed by atoms with Gasteiger partial charge in [0, 0.05) is 43.2 Å². The molecule has 0 saturated carbocycles. The van der Waals surface area contributed by atoms with E-state index >= 15 is 0 Å². The minimum absolute atomic E-state index is 0.000195. The van der Waals surface area contributed by atoms with Crippen molar-refractivity contribution in [2.75, 3.05) is 43.9 Å². The Morgan fingerprint density at radius 1 is 1.19 bits per heavy atom. The number of hydrogen-bond acceptors (Lipinski definition) is 5. The summed E-state index contributed by atoms with van der Waals surface area (Å²) in [6.45, 7) is 2.42. The van der Waals surface area contributed by atoms with E-state index in [-0.39, 0.29) is 12.0 Å². The molecule has 3 rings (SSSR count). The van der Waals surface area contributed by atoms with Crippen molar-refractivity contribution in [2.24, 2.45) is 0 Å². The first-order valence-corrected chi connectivity index (χ1v) is 12.0. The average Bonchev–Trinajstić information content (AvgIpc) is 2.63. The highest BCUT2D eigenvalue weighted by molar-refractivity contribution is 7.99. The minimum Gasteiger partial charge on any atom is -0.489 e. The van der Waals surface area contributed by atoms with Crippen LogP contribution in [0.4, 0.5) is 0 Å². The molecule has 144 valence electrons. The Bertz CT molecular complexity index is 758. The Morgan fingerprint density at radius 3 is 2.42 bits per heavy atom. The van der Waals surface area contributed by atoms with Crippen LogP contribution >= 0.6 is 23.4 Å². The van der Waals surface area contributed by atoms with Crippen molar-refractivity contribution in [3.05, 3.63) is 28.8 Å². The van der Waals surface area contributed by atoms with Crippen molar-refractivity contribution < 1.29 is 17.9 Å². The summed E-state index contributed by atoms with van der Waals surface area (Å²) in [5.74, 6) is 2.47. The molecule has 2 fully saturated rings. The Balaban J connectivity index is 1.61. The molecule has 0 radical (unpaired) electrons. The van der Waals surface area contributed by atoms with E-state index in [1.54, 1.807) is 18.2 Å². The highest BCUT2D eigenvalue weighted by Gasteiger charge is 2.26. The topological polar surface area (TPSA) is 66.9 Å². The zero-order valence-corrected chi connectivity index (χ0v) is 17.1. The van der Waals surface area contributed by atoms with E-state index < -0.39 is 10.0 Å². The first kappa shape index (κ1) is 19.8. The molecule has 2 aliphatic heterocycles. The van der Waals surface area contributed by atoms with Gasteiger partial charge in [-0.15, -0.1) is 0 Å². The fraction of sp³-hybridized carbons (Fsp3) is 0.588. The standard InChI is InChI=1S/C17H23ClN2O4S2/c1-26(22,23)20-6-4-14(5-7-20)24-16-3-2-13(12-15(16)18)17(21)19-8-10-25-11-9-19/h2-3,12,14H,4-11H2,1H3. The third kappa shape index (κ3) is 4.85. The lowest BCUT2D eigenvalue weighted by atomic mass is 10.1. The molecule has 0 bridgehead atoms. The van der Waals surface area contributed by atoms with Crippen molar-refractivity contribution >= 4 is 39.3 Å². The largest absolute Gasteiger partial charge is 0.489 e. The minimum atomic E-state index is -3.15. The SMILES string of the molecule is CS(=O)(=O)N1CCC(Oc2ccc(C(=O)N3CCSCC3)cc2Cl)CC1. The van der Waals surface area contributed by atoms with Gasteiger partial charge >= 0.3 is 0 Å². The number of nitrogens with zero attached hydrogens (tertiary/aromatic N) is 2. The van der Waals surface area contributed by atoms with Gasteiger partial charge in [-0.3, -0.25) is 4.79 Å². The molecule has 0 N–H and O–H groups in total. The van der Waals surface area contributed by atoms with Crippen molar-refractivity contribution in [2.45, 2.75) is 18.9 Å². The number of sulfonamides is 1. The Kier molecular flexibility index (Phi) is 6.37. The molecule has 9 heteroatoms. The average molecular weight is 419 g/mol. The molecule has 2 aliphatic rings. The van der Waals surface area contributed by atoms with E-state index in [4.69, 9.17) is 16.3 Å². The van der Waals surface area contributed by atoms with Gasteiger partial charge in [-0.2, -0.15) is 11.8 Å². The summed E-state index contributed by atoms with van der Waals surface area (Å²) in [6, 6.07) is 5.14. The Labute approximate surface area is 163 Å². The van der Waals surface area contributed by atoms with Gasteiger partial charge < -0.3 is 9.64 Å². The third-order valence-corrected chi connectivity index (χ3v) is 7.18. The van der Waals surface area contributed by atoms with E-state index in [0.717, 1.165) is 24.6 Å². The highest BCUT2D eigenvalue weighted by atomic mass is 35.5. The number of piperidine rings is 1. The smallest absolute Gasteiger partial charge is 0.253 e. The van der Waals surface area contributed by atoms with Crippen LogP contribution in [0.2, 0.25) is 5.02 Å². The predicted molar refractivity (Wildman–Crippen MR) is 105 cm³/mol. The van der Waals surface area contributed by atoms with Crippen LogP contribution in [0.1, 0.15) is 23.2 Å². The quantitative estimate of drug-likeness (QED) is 0.750. The second kappa shape index (κ2) is 8.37. The van der Waals surface area contributed by atoms with Crippen LogP contribution in [0.5, 0.6) is 5.75 Å². The lowest BCUT2D eigenvalue weighted by Crippen LogP contribution is -2.41. The Morgan fingerprint density at radius 2 is 1.85 bits per heavy atom. The zero-order valence-electron chi connectivity index (χ0n) is 14.7. The zero-order chi connectivity index (χ0) is 18.7. The predicted octanol–water partition coefficient (Wildman–Crippen LogP) is 2.33. The molecule has 26 heavy (non-hydrogen) atoms. The van der Waals surface area contributed by atoms with Crippen LogP contribution in [0, 0.1) is 0 Å². The molecule has 0 aromatic heterocycles. The monoisotopic (exact) mass is 418 g/mol. The number of hydrogen-bond donors (Lipinski definition) is 0. The van der Waals surface area contributed by atoms with Gasteiger partial charge in [-0.1, -0.05) is 11.6 Å². The van der Waals surface area contributed by atoms with Crippen LogP contribution in [-0.2, 0) is 10.0 Å². The molecule has 2 heterocycles. The number of ether oxygens (including phenoxy) is 1. The number of carbonyl (C=O) groups is 1. The second-order valence-electron chi connectivity index (χ2n) is 6.53. The van der Waals surface area contributed by atoms with Gasteiger partial charge in [0.1, 0.15) is 11.9 Å². The first-order chi connectivity index (χ1) is 12.3. The van der Waals surface area contributed by atoms with E-state index in [0.29, 0.717) is 42.3 Å². The van der Waals surface area contributed by atoms with Gasteiger partial charge in [0.2, 0.25) is 10.0 Å². The van der Waals surface area contributed by atoms with Crippen molar-refractivity contribution in [1.29, 1.82) is 0 Å². The second-order valence-corrected chi connectivity index (χ2v) is 10.1. The molecule has 1 aromatic rings. The number of benzene rings is 1. The van der Waals surface area contributed by atoms with Crippen LogP contribution in [0.15, 0.2) is 18.2 Å². The maximum absolute atomic E-state index is 12.5. The molecule has 0 spiro atoms. The van der Waals surface area contributed by atoms with Crippen LogP contribution in [0.3, 0.4) is 0 Å². The maximum atomic E-state index is 12.5. The summed E-state index contributed by atoms with van der Waals surface area (Å²) in [5.41, 5.74) is 0.571. The van der Waals surface area contributed by atoms with E-state index in [1.165, 1.54) is 10.6 Å². The van der Waals surface area contributed by atoms with Gasteiger partial charge in [0.15, 0.2) is 0 Å². The number of carbonyl (C=O) groups excluding carboxylic acids is 1. The Hall–Kier alpha value is -0.960. The fourth-order valence-corrected chi connectivity index (χ4v) is 5.14. The normalized spacial score (nSPS) is 20.2. The molecule has 0 atom stereocenters. The summed E-state index contributed by atoms with van der Waals surface area (Å²) in [6.07, 6.45) is 2.39. The lowest BCUT2D eigenvalue weighted by molar-refractivity contribution is 0.0772. The molecule has 6 nitrogen and oxygen atoms in total. The van der Waals surface area contributed by atoms with Gasteiger partial charge in [0.25, 0.3) is 5.91 Å². The molecule has 1 amide bonds. The fourth-order valence-electron chi connectivity index (χ4n) is 3.14. The van der Waals surface area contributed by atoms with Crippen LogP contribution in [-0.4, -0.2) is 73.6 Å². The summed E-state index contributed by atoms with van der Waals surface area (Å²) in [4.78, 5) is 14.4. The van der Waals surface area contributed by atoms with Gasteiger partial charge in [-0.25, -0.2) is 12.7 Å². The van der Waals surface area contributed by atoms with Crippen LogP contribution < -0.4 is 4.74 Å². The molecule has 1 aromatic carbocycles. The number of halogens is 1. The van der Waals surface area contributed by atoms with E-state index in [1.807, 2.05) is 16.7 Å². The molecule has 2 saturated heterocycles. The van der Waals surface area contributed by atoms with Gasteiger partial charge in [0.05, 0.1) is 11.3 Å². The van der Waals surface area contributed by atoms with E-state index in [2.05, 4.69) is 0 Å². The van der Waals surface area contributed by atoms with Crippen LogP contribution in [0.25, 0.3) is 0 Å². The molecular formula is C17H23ClN2O4S2. The number of thioether (sulfide) groups is 1. The summed E-state index contributed by atoms with van der Waals surface area (Å²) in [7, 11) is -3.15. The number of rotatable bonds is 4. The summed E-state index contributed by atoms with van der Waals surface area (Å²) >= 11 is 8.18. The van der Waals surface area contributed by atoms with Gasteiger partial charge in [-0.05, 0) is 31.0 Å². The molecular weight excluding hydrogens is 396 g/mol. The first-order valence-electron chi connectivity index (χ1n) is 8.63. The lowest BCUT2D eigenvalue weighted by Gasteiger charge is -2.30. The number of amides is 1. The molecule has 0 unspecified atom stereocenters. The summed E-state index contributed by atoms with van der Waals surface area (Å²) < 4.78 is 30.5. The third-order valence-electron chi connectivity index (χ3n) is 4.64. The van der Waals surface area contributed by atoms with Crippen molar-refractivity contribution in [1.82, 2.24) is 9.21 Å². The highest BCUT2D eigenvalue weighted by Crippen LogP contribution is 2.29. The van der Waals surface area contributed by atoms with E-state index in [9.17, 15) is 13.2 Å².